The molecule has 0 radical (unpaired) electrons. The van der Waals surface area contributed by atoms with Gasteiger partial charge in [-0.1, -0.05) is 60.7 Å². The summed E-state index contributed by atoms with van der Waals surface area (Å²) >= 11 is 0. The molecule has 0 aromatic heterocycles. The lowest BCUT2D eigenvalue weighted by Crippen LogP contribution is -1.99. The molecule has 0 atom stereocenters. The average molecular weight is 274 g/mol. The van der Waals surface area contributed by atoms with Crippen molar-refractivity contribution in [1.82, 2.24) is 0 Å². The zero-order valence-electron chi connectivity index (χ0n) is 11.8. The van der Waals surface area contributed by atoms with Gasteiger partial charge in [0, 0.05) is 22.5 Å². The number of nitrogens with two attached hydrogens (primary N) is 2. The first kappa shape index (κ1) is 13.3. The largest absolute Gasteiger partial charge is 0.398 e. The van der Waals surface area contributed by atoms with E-state index < -0.39 is 0 Å². The van der Waals surface area contributed by atoms with Crippen molar-refractivity contribution in [2.45, 2.75) is 6.42 Å². The van der Waals surface area contributed by atoms with Crippen LogP contribution in [0.4, 0.5) is 11.4 Å². The number of para-hydroxylation sites is 1. The predicted molar refractivity (Wildman–Crippen MR) is 90.0 cm³/mol. The summed E-state index contributed by atoms with van der Waals surface area (Å²) < 4.78 is 0. The minimum Gasteiger partial charge on any atom is -0.398 e. The van der Waals surface area contributed by atoms with E-state index in [4.69, 9.17) is 11.5 Å². The second kappa shape index (κ2) is 5.71. The highest BCUT2D eigenvalue weighted by Crippen LogP contribution is 2.34. The third-order valence-electron chi connectivity index (χ3n) is 3.65. The van der Waals surface area contributed by atoms with Gasteiger partial charge in [0.05, 0.1) is 0 Å². The minimum atomic E-state index is 0.754. The van der Waals surface area contributed by atoms with Gasteiger partial charge in [-0.25, -0.2) is 0 Å². The molecule has 0 unspecified atom stereocenters. The minimum absolute atomic E-state index is 0.754. The van der Waals surface area contributed by atoms with Crippen molar-refractivity contribution >= 4 is 11.4 Å². The summed E-state index contributed by atoms with van der Waals surface area (Å²) in [5, 5.41) is 0. The summed E-state index contributed by atoms with van der Waals surface area (Å²) in [4.78, 5) is 0. The number of rotatable bonds is 3. The van der Waals surface area contributed by atoms with Gasteiger partial charge in [-0.05, 0) is 29.7 Å². The molecule has 3 aromatic rings. The second-order valence-electron chi connectivity index (χ2n) is 5.13. The standard InChI is InChI=1S/C19H18N2/c20-17-11-5-4-10-16(17)19-15(9-6-12-18(19)21)13-14-7-2-1-3-8-14/h1-12H,13,20-21H2. The van der Waals surface area contributed by atoms with E-state index in [-0.39, 0.29) is 0 Å². The lowest BCUT2D eigenvalue weighted by atomic mass is 9.92. The van der Waals surface area contributed by atoms with Crippen LogP contribution in [0, 0.1) is 0 Å². The third kappa shape index (κ3) is 2.75. The van der Waals surface area contributed by atoms with Crippen LogP contribution in [0.2, 0.25) is 0 Å². The van der Waals surface area contributed by atoms with E-state index in [0.717, 1.165) is 28.9 Å². The van der Waals surface area contributed by atoms with Crippen LogP contribution in [0.3, 0.4) is 0 Å². The molecule has 0 aliphatic rings. The van der Waals surface area contributed by atoms with Crippen LogP contribution in [0.5, 0.6) is 0 Å². The topological polar surface area (TPSA) is 52.0 Å². The van der Waals surface area contributed by atoms with Gasteiger partial charge in [0.1, 0.15) is 0 Å². The van der Waals surface area contributed by atoms with E-state index >= 15 is 0 Å². The zero-order valence-corrected chi connectivity index (χ0v) is 11.8. The van der Waals surface area contributed by atoms with Crippen LogP contribution >= 0.6 is 0 Å². The molecule has 0 amide bonds. The first-order valence-electron chi connectivity index (χ1n) is 7.02. The molecule has 0 heterocycles. The molecule has 0 bridgehead atoms. The average Bonchev–Trinajstić information content (AvgIpc) is 2.50. The fraction of sp³-hybridized carbons (Fsp3) is 0.0526. The van der Waals surface area contributed by atoms with Crippen molar-refractivity contribution in [3.63, 3.8) is 0 Å². The van der Waals surface area contributed by atoms with E-state index in [9.17, 15) is 0 Å². The van der Waals surface area contributed by atoms with E-state index in [1.807, 2.05) is 42.5 Å². The maximum atomic E-state index is 6.22. The Labute approximate surface area is 125 Å². The summed E-state index contributed by atoms with van der Waals surface area (Å²) in [6.07, 6.45) is 0.843. The lowest BCUT2D eigenvalue weighted by Gasteiger charge is -2.14. The fourth-order valence-corrected chi connectivity index (χ4v) is 2.64. The molecule has 0 spiro atoms. The number of nitrogen functional groups attached to an aromatic ring is 2. The zero-order chi connectivity index (χ0) is 14.7. The van der Waals surface area contributed by atoms with Gasteiger partial charge >= 0.3 is 0 Å². The number of anilines is 2. The van der Waals surface area contributed by atoms with E-state index in [2.05, 4.69) is 30.3 Å². The smallest absolute Gasteiger partial charge is 0.0397 e. The van der Waals surface area contributed by atoms with Crippen molar-refractivity contribution in [2.24, 2.45) is 0 Å². The molecule has 2 nitrogen and oxygen atoms in total. The Morgan fingerprint density at radius 1 is 0.619 bits per heavy atom. The molecular weight excluding hydrogens is 256 g/mol. The summed E-state index contributed by atoms with van der Waals surface area (Å²) in [5.74, 6) is 0. The summed E-state index contributed by atoms with van der Waals surface area (Å²) in [7, 11) is 0. The molecule has 4 N–H and O–H groups in total. The Kier molecular flexibility index (Phi) is 3.61. The molecule has 0 fully saturated rings. The molecule has 0 saturated carbocycles. The van der Waals surface area contributed by atoms with Crippen molar-refractivity contribution in [1.29, 1.82) is 0 Å². The first-order chi connectivity index (χ1) is 10.3. The highest BCUT2D eigenvalue weighted by atomic mass is 14.6. The number of hydrogen-bond donors (Lipinski definition) is 2. The number of hydrogen-bond acceptors (Lipinski definition) is 2. The Hall–Kier alpha value is -2.74. The Balaban J connectivity index is 2.10. The van der Waals surface area contributed by atoms with Crippen LogP contribution in [-0.2, 0) is 6.42 Å². The summed E-state index contributed by atoms with van der Waals surface area (Å²) in [6, 6.07) is 24.3. The quantitative estimate of drug-likeness (QED) is 0.706. The molecule has 2 heteroatoms. The summed E-state index contributed by atoms with van der Waals surface area (Å²) in [6.45, 7) is 0. The van der Waals surface area contributed by atoms with Gasteiger partial charge in [-0.2, -0.15) is 0 Å². The van der Waals surface area contributed by atoms with E-state index in [1.165, 1.54) is 11.1 Å². The first-order valence-corrected chi connectivity index (χ1v) is 7.02. The van der Waals surface area contributed by atoms with Crippen LogP contribution in [0.15, 0.2) is 72.8 Å². The molecule has 21 heavy (non-hydrogen) atoms. The Morgan fingerprint density at radius 2 is 1.29 bits per heavy atom. The second-order valence-corrected chi connectivity index (χ2v) is 5.13. The Morgan fingerprint density at radius 3 is 2.05 bits per heavy atom. The summed E-state index contributed by atoms with van der Waals surface area (Å²) in [5.41, 5.74) is 18.4. The monoisotopic (exact) mass is 274 g/mol. The van der Waals surface area contributed by atoms with Crippen LogP contribution in [0.1, 0.15) is 11.1 Å². The Bertz CT molecular complexity index is 749. The van der Waals surface area contributed by atoms with Crippen molar-refractivity contribution in [3.8, 4) is 11.1 Å². The van der Waals surface area contributed by atoms with Crippen LogP contribution in [-0.4, -0.2) is 0 Å². The molecule has 0 aliphatic carbocycles. The highest BCUT2D eigenvalue weighted by Gasteiger charge is 2.11. The van der Waals surface area contributed by atoms with E-state index in [0.29, 0.717) is 0 Å². The number of benzene rings is 3. The molecular formula is C19H18N2. The van der Waals surface area contributed by atoms with E-state index in [1.54, 1.807) is 0 Å². The van der Waals surface area contributed by atoms with Gasteiger partial charge in [0.25, 0.3) is 0 Å². The fourth-order valence-electron chi connectivity index (χ4n) is 2.64. The van der Waals surface area contributed by atoms with Crippen molar-refractivity contribution in [2.75, 3.05) is 11.5 Å². The molecule has 0 aliphatic heterocycles. The molecule has 0 saturated heterocycles. The van der Waals surface area contributed by atoms with Gasteiger partial charge in [-0.3, -0.25) is 0 Å². The van der Waals surface area contributed by atoms with Gasteiger partial charge < -0.3 is 11.5 Å². The van der Waals surface area contributed by atoms with Crippen LogP contribution in [0.25, 0.3) is 11.1 Å². The normalized spacial score (nSPS) is 10.5. The lowest BCUT2D eigenvalue weighted by molar-refractivity contribution is 1.20. The highest BCUT2D eigenvalue weighted by molar-refractivity contribution is 5.86. The van der Waals surface area contributed by atoms with Gasteiger partial charge in [0.2, 0.25) is 0 Å². The maximum Gasteiger partial charge on any atom is 0.0397 e. The molecule has 3 aromatic carbocycles. The molecule has 104 valence electrons. The molecule has 3 rings (SSSR count). The van der Waals surface area contributed by atoms with Crippen molar-refractivity contribution < 1.29 is 0 Å². The van der Waals surface area contributed by atoms with Gasteiger partial charge in [0.15, 0.2) is 0 Å². The van der Waals surface area contributed by atoms with Crippen molar-refractivity contribution in [3.05, 3.63) is 83.9 Å². The predicted octanol–water partition coefficient (Wildman–Crippen LogP) is 4.11. The third-order valence-corrected chi connectivity index (χ3v) is 3.65. The maximum absolute atomic E-state index is 6.22. The van der Waals surface area contributed by atoms with Gasteiger partial charge in [-0.15, -0.1) is 0 Å². The SMILES string of the molecule is Nc1ccccc1-c1c(N)cccc1Cc1ccccc1. The van der Waals surface area contributed by atoms with Crippen LogP contribution < -0.4 is 11.5 Å².